The Kier molecular flexibility index (Phi) is 4.71. The summed E-state index contributed by atoms with van der Waals surface area (Å²) in [5.74, 6) is 1.69. The molecule has 0 amide bonds. The SMILES string of the molecule is CC(C)c1ccc(CN=C2Nc3ccccc3NC23CCCCC3)cc1. The third-order valence-electron chi connectivity index (χ3n) is 5.78. The molecule has 2 aromatic rings. The van der Waals surface area contributed by atoms with E-state index in [1.807, 2.05) is 0 Å². The molecule has 1 saturated carbocycles. The van der Waals surface area contributed by atoms with Gasteiger partial charge in [-0.25, -0.2) is 0 Å². The molecule has 0 aromatic heterocycles. The number of aliphatic imine (C=N–C) groups is 1. The predicted octanol–water partition coefficient (Wildman–Crippen LogP) is 5.95. The highest BCUT2D eigenvalue weighted by molar-refractivity contribution is 6.09. The van der Waals surface area contributed by atoms with Crippen LogP contribution in [0.4, 0.5) is 11.4 Å². The van der Waals surface area contributed by atoms with E-state index < -0.39 is 0 Å². The Morgan fingerprint density at radius 2 is 1.62 bits per heavy atom. The van der Waals surface area contributed by atoms with Gasteiger partial charge in [0.25, 0.3) is 0 Å². The fraction of sp³-hybridized carbons (Fsp3) is 0.435. The highest BCUT2D eigenvalue weighted by Crippen LogP contribution is 2.39. The van der Waals surface area contributed by atoms with Crippen molar-refractivity contribution in [2.45, 2.75) is 64.0 Å². The number of nitrogens with one attached hydrogen (secondary N) is 2. The maximum atomic E-state index is 5.05. The highest BCUT2D eigenvalue weighted by Gasteiger charge is 2.40. The second kappa shape index (κ2) is 7.14. The van der Waals surface area contributed by atoms with Gasteiger partial charge in [0.2, 0.25) is 0 Å². The summed E-state index contributed by atoms with van der Waals surface area (Å²) in [6, 6.07) is 17.4. The van der Waals surface area contributed by atoms with Crippen molar-refractivity contribution < 1.29 is 0 Å². The summed E-state index contributed by atoms with van der Waals surface area (Å²) in [7, 11) is 0. The number of anilines is 2. The van der Waals surface area contributed by atoms with Crippen LogP contribution in [0.5, 0.6) is 0 Å². The first-order chi connectivity index (χ1) is 12.7. The largest absolute Gasteiger partial charge is 0.371 e. The molecule has 4 rings (SSSR count). The Balaban J connectivity index is 1.60. The third kappa shape index (κ3) is 3.35. The summed E-state index contributed by atoms with van der Waals surface area (Å²) in [5.41, 5.74) is 4.97. The van der Waals surface area contributed by atoms with Gasteiger partial charge in [-0.15, -0.1) is 0 Å². The average Bonchev–Trinajstić information content (AvgIpc) is 2.67. The van der Waals surface area contributed by atoms with E-state index in [4.69, 9.17) is 4.99 Å². The summed E-state index contributed by atoms with van der Waals surface area (Å²) in [6.07, 6.45) is 6.16. The normalized spacial score (nSPS) is 19.9. The maximum Gasteiger partial charge on any atom is 0.127 e. The van der Waals surface area contributed by atoms with Crippen molar-refractivity contribution in [2.75, 3.05) is 10.6 Å². The number of fused-ring (bicyclic) bond motifs is 1. The minimum Gasteiger partial charge on any atom is -0.371 e. The van der Waals surface area contributed by atoms with Crippen molar-refractivity contribution >= 4 is 17.2 Å². The standard InChI is InChI=1S/C23H29N3/c1-17(2)19-12-10-18(11-13-19)16-24-22-23(14-6-3-7-15-23)26-21-9-5-4-8-20(21)25-22/h4-5,8-13,17,26H,3,6-7,14-16H2,1-2H3,(H,24,25). The molecule has 1 fully saturated rings. The Labute approximate surface area is 156 Å². The van der Waals surface area contributed by atoms with Gasteiger partial charge in [0, 0.05) is 0 Å². The third-order valence-corrected chi connectivity index (χ3v) is 5.78. The van der Waals surface area contributed by atoms with E-state index in [0.29, 0.717) is 5.92 Å². The fourth-order valence-corrected chi connectivity index (χ4v) is 4.15. The molecule has 1 aliphatic heterocycles. The summed E-state index contributed by atoms with van der Waals surface area (Å²) >= 11 is 0. The minimum absolute atomic E-state index is 0.0233. The summed E-state index contributed by atoms with van der Waals surface area (Å²) in [6.45, 7) is 5.20. The number of para-hydroxylation sites is 2. The van der Waals surface area contributed by atoms with Gasteiger partial charge in [-0.3, -0.25) is 4.99 Å². The van der Waals surface area contributed by atoms with Gasteiger partial charge in [0.1, 0.15) is 5.84 Å². The van der Waals surface area contributed by atoms with E-state index in [1.165, 1.54) is 36.1 Å². The number of hydrogen-bond donors (Lipinski definition) is 2. The quantitative estimate of drug-likeness (QED) is 0.720. The van der Waals surface area contributed by atoms with Gasteiger partial charge in [-0.2, -0.15) is 0 Å². The van der Waals surface area contributed by atoms with Crippen molar-refractivity contribution in [3.63, 3.8) is 0 Å². The molecule has 1 heterocycles. The zero-order valence-corrected chi connectivity index (χ0v) is 15.9. The Bertz CT molecular complexity index is 783. The topological polar surface area (TPSA) is 36.4 Å². The molecule has 3 nitrogen and oxygen atoms in total. The van der Waals surface area contributed by atoms with Crippen LogP contribution < -0.4 is 10.6 Å². The summed E-state index contributed by atoms with van der Waals surface area (Å²) < 4.78 is 0. The number of hydrogen-bond acceptors (Lipinski definition) is 2. The van der Waals surface area contributed by atoms with E-state index in [0.717, 1.165) is 30.9 Å². The molecule has 2 aliphatic rings. The van der Waals surface area contributed by atoms with Gasteiger partial charge < -0.3 is 10.6 Å². The molecule has 3 heteroatoms. The molecule has 136 valence electrons. The molecule has 0 atom stereocenters. The van der Waals surface area contributed by atoms with Gasteiger partial charge in [0.05, 0.1) is 23.5 Å². The van der Waals surface area contributed by atoms with Crippen LogP contribution in [0.2, 0.25) is 0 Å². The lowest BCUT2D eigenvalue weighted by Crippen LogP contribution is -2.53. The second-order valence-electron chi connectivity index (χ2n) is 8.00. The highest BCUT2D eigenvalue weighted by atomic mass is 15.2. The molecule has 1 aliphatic carbocycles. The molecule has 0 radical (unpaired) electrons. The Morgan fingerprint density at radius 1 is 0.923 bits per heavy atom. The fourth-order valence-electron chi connectivity index (χ4n) is 4.15. The summed E-state index contributed by atoms with van der Waals surface area (Å²) in [5, 5.41) is 7.47. The molecule has 0 unspecified atom stereocenters. The molecule has 0 saturated heterocycles. The number of nitrogens with zero attached hydrogens (tertiary/aromatic N) is 1. The maximum absolute atomic E-state index is 5.05. The van der Waals surface area contributed by atoms with Gasteiger partial charge in [0.15, 0.2) is 0 Å². The second-order valence-corrected chi connectivity index (χ2v) is 8.00. The zero-order valence-electron chi connectivity index (χ0n) is 15.9. The van der Waals surface area contributed by atoms with Crippen molar-refractivity contribution in [1.29, 1.82) is 0 Å². The average molecular weight is 348 g/mol. The number of benzene rings is 2. The van der Waals surface area contributed by atoms with Gasteiger partial charge in [-0.05, 0) is 42.0 Å². The van der Waals surface area contributed by atoms with Crippen molar-refractivity contribution in [3.05, 3.63) is 59.7 Å². The lowest BCUT2D eigenvalue weighted by molar-refractivity contribution is 0.403. The van der Waals surface area contributed by atoms with E-state index in [-0.39, 0.29) is 5.54 Å². The monoisotopic (exact) mass is 347 g/mol. The van der Waals surface area contributed by atoms with Crippen LogP contribution in [0.15, 0.2) is 53.5 Å². The van der Waals surface area contributed by atoms with Crippen molar-refractivity contribution in [3.8, 4) is 0 Å². The number of amidine groups is 1. The smallest absolute Gasteiger partial charge is 0.127 e. The Morgan fingerprint density at radius 3 is 2.31 bits per heavy atom. The molecule has 2 aromatic carbocycles. The van der Waals surface area contributed by atoms with E-state index in [2.05, 4.69) is 73.0 Å². The van der Waals surface area contributed by atoms with Crippen LogP contribution in [0.25, 0.3) is 0 Å². The molecule has 2 N–H and O–H groups in total. The first-order valence-electron chi connectivity index (χ1n) is 9.94. The molecular weight excluding hydrogens is 318 g/mol. The van der Waals surface area contributed by atoms with Crippen molar-refractivity contribution in [2.24, 2.45) is 4.99 Å². The van der Waals surface area contributed by atoms with Crippen LogP contribution in [0, 0.1) is 0 Å². The van der Waals surface area contributed by atoms with Crippen LogP contribution in [0.3, 0.4) is 0 Å². The number of rotatable bonds is 3. The lowest BCUT2D eigenvalue weighted by Gasteiger charge is -2.44. The zero-order chi connectivity index (χ0) is 18.0. The van der Waals surface area contributed by atoms with Crippen LogP contribution in [0.1, 0.15) is 63.0 Å². The van der Waals surface area contributed by atoms with Crippen molar-refractivity contribution in [1.82, 2.24) is 0 Å². The first-order valence-corrected chi connectivity index (χ1v) is 9.94. The molecule has 26 heavy (non-hydrogen) atoms. The van der Waals surface area contributed by atoms with Crippen LogP contribution in [-0.4, -0.2) is 11.4 Å². The van der Waals surface area contributed by atoms with Crippen LogP contribution in [-0.2, 0) is 6.54 Å². The molecular formula is C23H29N3. The van der Waals surface area contributed by atoms with Crippen LogP contribution >= 0.6 is 0 Å². The lowest BCUT2D eigenvalue weighted by atomic mass is 9.79. The molecule has 1 spiro atoms. The Hall–Kier alpha value is -2.29. The van der Waals surface area contributed by atoms with E-state index in [9.17, 15) is 0 Å². The summed E-state index contributed by atoms with van der Waals surface area (Å²) in [4.78, 5) is 5.05. The van der Waals surface area contributed by atoms with E-state index >= 15 is 0 Å². The molecule has 0 bridgehead atoms. The first kappa shape index (κ1) is 17.1. The van der Waals surface area contributed by atoms with Gasteiger partial charge >= 0.3 is 0 Å². The predicted molar refractivity (Wildman–Crippen MR) is 111 cm³/mol. The van der Waals surface area contributed by atoms with Gasteiger partial charge in [-0.1, -0.05) is 69.5 Å². The minimum atomic E-state index is -0.0233. The van der Waals surface area contributed by atoms with E-state index in [1.54, 1.807) is 0 Å².